The van der Waals surface area contributed by atoms with E-state index in [1.54, 1.807) is 13.4 Å². The van der Waals surface area contributed by atoms with Crippen LogP contribution in [0.25, 0.3) is 10.9 Å². The maximum atomic E-state index is 5.66. The van der Waals surface area contributed by atoms with Crippen LogP contribution in [0.15, 0.2) is 18.5 Å². The molecule has 0 saturated heterocycles. The largest absolute Gasteiger partial charge is 0.493 e. The lowest BCUT2D eigenvalue weighted by Crippen LogP contribution is -1.99. The van der Waals surface area contributed by atoms with Gasteiger partial charge in [0, 0.05) is 17.1 Å². The zero-order chi connectivity index (χ0) is 16.3. The lowest BCUT2D eigenvalue weighted by Gasteiger charge is -2.11. The Balaban J connectivity index is 0.000000921. The number of ether oxygens (including phenoxy) is 2. The molecular weight excluding hydrogens is 264 g/mol. The maximum Gasteiger partial charge on any atom is 0.162 e. The van der Waals surface area contributed by atoms with Gasteiger partial charge in [-0.05, 0) is 19.4 Å². The van der Waals surface area contributed by atoms with Crippen LogP contribution in [0.5, 0.6) is 11.5 Å². The molecule has 0 radical (unpaired) electrons. The fourth-order valence-electron chi connectivity index (χ4n) is 1.68. The van der Waals surface area contributed by atoms with Gasteiger partial charge in [-0.1, -0.05) is 34.6 Å². The maximum absolute atomic E-state index is 5.66. The molecule has 0 amide bonds. The van der Waals surface area contributed by atoms with Gasteiger partial charge in [-0.3, -0.25) is 0 Å². The summed E-state index contributed by atoms with van der Waals surface area (Å²) in [4.78, 5) is 8.40. The molecule has 0 fully saturated rings. The summed E-state index contributed by atoms with van der Waals surface area (Å²) >= 11 is 0. The number of hydrogen-bond acceptors (Lipinski definition) is 4. The van der Waals surface area contributed by atoms with E-state index in [2.05, 4.69) is 16.9 Å². The van der Waals surface area contributed by atoms with E-state index >= 15 is 0 Å². The molecule has 0 saturated carbocycles. The predicted molar refractivity (Wildman–Crippen MR) is 89.3 cm³/mol. The Morgan fingerprint density at radius 1 is 1.00 bits per heavy atom. The van der Waals surface area contributed by atoms with Gasteiger partial charge in [0.15, 0.2) is 11.5 Å². The molecule has 0 aliphatic heterocycles. The van der Waals surface area contributed by atoms with Crippen LogP contribution in [0.4, 0.5) is 0 Å². The second-order valence-corrected chi connectivity index (χ2v) is 3.83. The van der Waals surface area contributed by atoms with E-state index in [1.807, 2.05) is 46.8 Å². The van der Waals surface area contributed by atoms with E-state index in [4.69, 9.17) is 9.47 Å². The van der Waals surface area contributed by atoms with E-state index < -0.39 is 0 Å². The first-order valence-electron chi connectivity index (χ1n) is 7.68. The van der Waals surface area contributed by atoms with E-state index in [0.717, 1.165) is 28.8 Å². The topological polar surface area (TPSA) is 44.2 Å². The molecule has 0 N–H and O–H groups in total. The van der Waals surface area contributed by atoms with Crippen molar-refractivity contribution in [2.24, 2.45) is 0 Å². The number of methoxy groups -OCH3 is 1. The minimum atomic E-state index is 0.675. The van der Waals surface area contributed by atoms with Gasteiger partial charge in [0.05, 0.1) is 19.2 Å². The zero-order valence-corrected chi connectivity index (χ0v) is 14.4. The molecule has 0 bridgehead atoms. The third-order valence-electron chi connectivity index (χ3n) is 2.58. The molecule has 0 aliphatic rings. The Morgan fingerprint density at radius 2 is 1.67 bits per heavy atom. The number of nitrogens with zero attached hydrogens (tertiary/aromatic N) is 2. The number of aryl methyl sites for hydroxylation is 1. The quantitative estimate of drug-likeness (QED) is 0.812. The highest BCUT2D eigenvalue weighted by Gasteiger charge is 2.09. The SMILES string of the molecule is CC.CC.CCCOc1cc2c(C)ncnc2cc1OC. The third kappa shape index (κ3) is 5.21. The first-order chi connectivity index (χ1) is 10.3. The average Bonchev–Trinajstić information content (AvgIpc) is 2.56. The highest BCUT2D eigenvalue weighted by molar-refractivity contribution is 5.84. The summed E-state index contributed by atoms with van der Waals surface area (Å²) in [6.07, 6.45) is 2.52. The molecule has 2 aromatic rings. The van der Waals surface area contributed by atoms with Crippen molar-refractivity contribution >= 4 is 10.9 Å². The second kappa shape index (κ2) is 10.9. The van der Waals surface area contributed by atoms with Gasteiger partial charge in [-0.15, -0.1) is 0 Å². The molecule has 4 heteroatoms. The third-order valence-corrected chi connectivity index (χ3v) is 2.58. The molecular formula is C17H28N2O2. The van der Waals surface area contributed by atoms with Crippen molar-refractivity contribution < 1.29 is 9.47 Å². The molecule has 0 aliphatic carbocycles. The Bertz CT molecular complexity index is 527. The summed E-state index contributed by atoms with van der Waals surface area (Å²) < 4.78 is 11.0. The smallest absolute Gasteiger partial charge is 0.162 e. The van der Waals surface area contributed by atoms with Crippen molar-refractivity contribution in [2.75, 3.05) is 13.7 Å². The number of benzene rings is 1. The highest BCUT2D eigenvalue weighted by atomic mass is 16.5. The summed E-state index contributed by atoms with van der Waals surface area (Å²) in [5, 5.41) is 0.999. The number of hydrogen-bond donors (Lipinski definition) is 0. The van der Waals surface area contributed by atoms with E-state index in [-0.39, 0.29) is 0 Å². The number of fused-ring (bicyclic) bond motifs is 1. The Hall–Kier alpha value is -1.84. The van der Waals surface area contributed by atoms with Crippen molar-refractivity contribution in [1.29, 1.82) is 0 Å². The summed E-state index contributed by atoms with van der Waals surface area (Å²) in [6.45, 7) is 12.7. The molecule has 1 aromatic heterocycles. The van der Waals surface area contributed by atoms with Gasteiger partial charge < -0.3 is 9.47 Å². The summed E-state index contributed by atoms with van der Waals surface area (Å²) in [5.41, 5.74) is 1.82. The van der Waals surface area contributed by atoms with Crippen LogP contribution < -0.4 is 9.47 Å². The zero-order valence-electron chi connectivity index (χ0n) is 14.4. The van der Waals surface area contributed by atoms with Crippen molar-refractivity contribution in [3.8, 4) is 11.5 Å². The Morgan fingerprint density at radius 3 is 2.24 bits per heavy atom. The summed E-state index contributed by atoms with van der Waals surface area (Å²) in [6, 6.07) is 3.83. The lowest BCUT2D eigenvalue weighted by molar-refractivity contribution is 0.295. The van der Waals surface area contributed by atoms with Crippen molar-refractivity contribution in [2.45, 2.75) is 48.0 Å². The van der Waals surface area contributed by atoms with Crippen molar-refractivity contribution in [1.82, 2.24) is 9.97 Å². The molecule has 2 rings (SSSR count). The molecule has 4 nitrogen and oxygen atoms in total. The molecule has 1 heterocycles. The van der Waals surface area contributed by atoms with Gasteiger partial charge in [-0.2, -0.15) is 0 Å². The lowest BCUT2D eigenvalue weighted by atomic mass is 10.2. The molecule has 118 valence electrons. The summed E-state index contributed by atoms with van der Waals surface area (Å²) in [7, 11) is 1.63. The van der Waals surface area contributed by atoms with E-state index in [9.17, 15) is 0 Å². The van der Waals surface area contributed by atoms with Gasteiger partial charge in [0.2, 0.25) is 0 Å². The average molecular weight is 292 g/mol. The molecule has 21 heavy (non-hydrogen) atoms. The van der Waals surface area contributed by atoms with Crippen molar-refractivity contribution in [3.05, 3.63) is 24.2 Å². The first kappa shape index (κ1) is 19.2. The van der Waals surface area contributed by atoms with Crippen LogP contribution in [0.1, 0.15) is 46.7 Å². The van der Waals surface area contributed by atoms with E-state index in [0.29, 0.717) is 12.4 Å². The van der Waals surface area contributed by atoms with Crippen LogP contribution >= 0.6 is 0 Å². The van der Waals surface area contributed by atoms with E-state index in [1.165, 1.54) is 0 Å². The van der Waals surface area contributed by atoms with Crippen LogP contribution in [-0.2, 0) is 0 Å². The van der Waals surface area contributed by atoms with Gasteiger partial charge in [0.25, 0.3) is 0 Å². The number of aromatic nitrogens is 2. The van der Waals surface area contributed by atoms with Gasteiger partial charge in [0.1, 0.15) is 6.33 Å². The first-order valence-corrected chi connectivity index (χ1v) is 7.68. The summed E-state index contributed by atoms with van der Waals surface area (Å²) in [5.74, 6) is 1.46. The Kier molecular flexibility index (Phi) is 9.94. The molecule has 1 aromatic carbocycles. The minimum absolute atomic E-state index is 0.675. The van der Waals surface area contributed by atoms with Crippen LogP contribution in [0.2, 0.25) is 0 Å². The monoisotopic (exact) mass is 292 g/mol. The molecule has 0 atom stereocenters. The van der Waals surface area contributed by atoms with Crippen molar-refractivity contribution in [3.63, 3.8) is 0 Å². The second-order valence-electron chi connectivity index (χ2n) is 3.83. The molecule has 0 unspecified atom stereocenters. The van der Waals surface area contributed by atoms with Crippen LogP contribution in [0.3, 0.4) is 0 Å². The molecule has 0 spiro atoms. The standard InChI is InChI=1S/C13H16N2O2.2C2H6/c1-4-5-17-13-6-10-9(2)14-8-15-11(10)7-12(13)16-3;2*1-2/h6-8H,4-5H2,1-3H3;2*1-2H3. The predicted octanol–water partition coefficient (Wildman–Crippen LogP) is 4.79. The van der Waals surface area contributed by atoms with Gasteiger partial charge >= 0.3 is 0 Å². The minimum Gasteiger partial charge on any atom is -0.493 e. The highest BCUT2D eigenvalue weighted by Crippen LogP contribution is 2.32. The fourth-order valence-corrected chi connectivity index (χ4v) is 1.68. The Labute approximate surface area is 128 Å². The number of rotatable bonds is 4. The van der Waals surface area contributed by atoms with Crippen LogP contribution in [-0.4, -0.2) is 23.7 Å². The van der Waals surface area contributed by atoms with Gasteiger partial charge in [-0.25, -0.2) is 9.97 Å². The normalized spacial score (nSPS) is 9.10. The van der Waals surface area contributed by atoms with Crippen LogP contribution in [0, 0.1) is 6.92 Å². The fraction of sp³-hybridized carbons (Fsp3) is 0.529.